The van der Waals surface area contributed by atoms with E-state index in [0.29, 0.717) is 0 Å². The smallest absolute Gasteiger partial charge is 0.0920 e. The Labute approximate surface area is 73.0 Å². The molecule has 0 bridgehead atoms. The average Bonchev–Trinajstić information content (AvgIpc) is 2.04. The molecule has 0 aliphatic rings. The molecule has 0 saturated carbocycles. The van der Waals surface area contributed by atoms with Gasteiger partial charge in [-0.25, -0.2) is 0 Å². The molecule has 65 valence electrons. The van der Waals surface area contributed by atoms with Gasteiger partial charge in [-0.05, 0) is 5.92 Å². The Morgan fingerprint density at radius 1 is 1.18 bits per heavy atom. The lowest BCUT2D eigenvalue weighted by molar-refractivity contribution is 0.482. The highest BCUT2D eigenvalue weighted by Gasteiger charge is 1.97. The van der Waals surface area contributed by atoms with Crippen molar-refractivity contribution in [3.63, 3.8) is 0 Å². The molecule has 0 N–H and O–H groups in total. The van der Waals surface area contributed by atoms with E-state index in [4.69, 9.17) is 0 Å². The number of hydrogen-bond acceptors (Lipinski definition) is 0. The topological polar surface area (TPSA) is 0 Å². The van der Waals surface area contributed by atoms with Crippen molar-refractivity contribution in [1.29, 1.82) is 0 Å². The summed E-state index contributed by atoms with van der Waals surface area (Å²) in [4.78, 5) is 0. The van der Waals surface area contributed by atoms with E-state index in [9.17, 15) is 0 Å². The van der Waals surface area contributed by atoms with Crippen LogP contribution in [0.15, 0.2) is 0 Å². The predicted octanol–water partition coefficient (Wildman–Crippen LogP) is 3.76. The quantitative estimate of drug-likeness (QED) is 0.385. The van der Waals surface area contributed by atoms with Gasteiger partial charge in [-0.3, -0.25) is 0 Å². The van der Waals surface area contributed by atoms with Gasteiger partial charge in [-0.2, -0.15) is 0 Å². The van der Waals surface area contributed by atoms with Crippen molar-refractivity contribution in [3.8, 4) is 0 Å². The predicted molar refractivity (Wildman–Crippen MR) is 54.3 cm³/mol. The third-order valence-corrected chi connectivity index (χ3v) is 2.39. The van der Waals surface area contributed by atoms with E-state index in [1.807, 2.05) is 0 Å². The first-order valence-corrected chi connectivity index (χ1v) is 5.09. The van der Waals surface area contributed by atoms with Gasteiger partial charge in [0.25, 0.3) is 0 Å². The van der Waals surface area contributed by atoms with E-state index in [2.05, 4.69) is 28.0 Å². The Kier molecular flexibility index (Phi) is 8.21. The molecule has 11 heavy (non-hydrogen) atoms. The number of unbranched alkanes of at least 4 members (excludes halogenated alkanes) is 2. The van der Waals surface area contributed by atoms with Gasteiger partial charge in [0.15, 0.2) is 0 Å². The van der Waals surface area contributed by atoms with Gasteiger partial charge in [-0.1, -0.05) is 59.1 Å². The molecule has 0 fully saturated rings. The molecule has 0 aromatic carbocycles. The second-order valence-electron chi connectivity index (χ2n) is 3.56. The fraction of sp³-hybridized carbons (Fsp3) is 1.00. The zero-order valence-electron chi connectivity index (χ0n) is 8.40. The molecule has 0 saturated heterocycles. The molecule has 0 spiro atoms. The van der Waals surface area contributed by atoms with Crippen LogP contribution in [0.4, 0.5) is 0 Å². The van der Waals surface area contributed by atoms with Crippen LogP contribution in [-0.4, -0.2) is 7.28 Å². The van der Waals surface area contributed by atoms with Gasteiger partial charge in [0.1, 0.15) is 7.28 Å². The van der Waals surface area contributed by atoms with Crippen molar-refractivity contribution in [1.82, 2.24) is 0 Å². The summed E-state index contributed by atoms with van der Waals surface area (Å²) in [5.41, 5.74) is 0. The van der Waals surface area contributed by atoms with Crippen molar-refractivity contribution >= 4 is 7.28 Å². The molecule has 0 aromatic heterocycles. The zero-order chi connectivity index (χ0) is 8.53. The monoisotopic (exact) mass is 153 g/mol. The highest BCUT2D eigenvalue weighted by atomic mass is 14.0. The van der Waals surface area contributed by atoms with Crippen molar-refractivity contribution in [3.05, 3.63) is 0 Å². The first-order valence-electron chi connectivity index (χ1n) is 5.09. The Bertz CT molecular complexity index is 71.3. The van der Waals surface area contributed by atoms with Crippen LogP contribution in [-0.2, 0) is 0 Å². The molecule has 1 radical (unpaired) electrons. The Morgan fingerprint density at radius 3 is 2.45 bits per heavy atom. The van der Waals surface area contributed by atoms with E-state index in [0.717, 1.165) is 5.92 Å². The Hall–Kier alpha value is 0.0649. The molecule has 1 heteroatoms. The van der Waals surface area contributed by atoms with E-state index < -0.39 is 0 Å². The van der Waals surface area contributed by atoms with Crippen LogP contribution >= 0.6 is 0 Å². The summed E-state index contributed by atoms with van der Waals surface area (Å²) in [5, 5.41) is 0. The molecular formula is C10H22B. The molecule has 0 rings (SSSR count). The zero-order valence-corrected chi connectivity index (χ0v) is 8.40. The minimum absolute atomic E-state index is 0.945. The molecule has 1 unspecified atom stereocenters. The summed E-state index contributed by atoms with van der Waals surface area (Å²) < 4.78 is 0. The second kappa shape index (κ2) is 8.16. The molecule has 1 atom stereocenters. The van der Waals surface area contributed by atoms with Crippen molar-refractivity contribution in [2.75, 3.05) is 0 Å². The number of hydrogen-bond donors (Lipinski definition) is 0. The van der Waals surface area contributed by atoms with E-state index in [-0.39, 0.29) is 0 Å². The molecule has 0 aliphatic heterocycles. The fourth-order valence-electron chi connectivity index (χ4n) is 1.22. The summed E-state index contributed by atoms with van der Waals surface area (Å²) in [6.45, 7) is 6.78. The van der Waals surface area contributed by atoms with E-state index in [1.54, 1.807) is 0 Å². The fourth-order valence-corrected chi connectivity index (χ4v) is 1.22. The van der Waals surface area contributed by atoms with Gasteiger partial charge < -0.3 is 0 Å². The standard InChI is InChI=1S/C10H22B/c1-4-10(2)8-6-5-7-9-11-3/h10H,4-9H2,1-3H3. The molecule has 0 aliphatic carbocycles. The first-order chi connectivity index (χ1) is 5.31. The molecule has 0 amide bonds. The van der Waals surface area contributed by atoms with Crippen LogP contribution in [0.5, 0.6) is 0 Å². The lowest BCUT2D eigenvalue weighted by atomic mass is 9.76. The highest BCUT2D eigenvalue weighted by Crippen LogP contribution is 2.12. The average molecular weight is 153 g/mol. The van der Waals surface area contributed by atoms with Crippen LogP contribution in [0.2, 0.25) is 13.1 Å². The van der Waals surface area contributed by atoms with E-state index in [1.165, 1.54) is 38.4 Å². The third kappa shape index (κ3) is 7.97. The summed E-state index contributed by atoms with van der Waals surface area (Å²) in [7, 11) is 2.27. The Morgan fingerprint density at radius 2 is 1.91 bits per heavy atom. The van der Waals surface area contributed by atoms with Gasteiger partial charge in [-0.15, -0.1) is 0 Å². The molecule has 0 heterocycles. The maximum Gasteiger partial charge on any atom is 0.105 e. The second-order valence-corrected chi connectivity index (χ2v) is 3.56. The third-order valence-electron chi connectivity index (χ3n) is 2.39. The highest BCUT2D eigenvalue weighted by molar-refractivity contribution is 6.33. The van der Waals surface area contributed by atoms with Crippen LogP contribution in [0.25, 0.3) is 0 Å². The minimum atomic E-state index is 0.945. The lowest BCUT2D eigenvalue weighted by Crippen LogP contribution is -1.91. The summed E-state index contributed by atoms with van der Waals surface area (Å²) in [5.74, 6) is 0.945. The van der Waals surface area contributed by atoms with Crippen LogP contribution in [0.3, 0.4) is 0 Å². The SMILES string of the molecule is C[B]CCCCCC(C)CC. The minimum Gasteiger partial charge on any atom is -0.0920 e. The largest absolute Gasteiger partial charge is 0.105 e. The van der Waals surface area contributed by atoms with Crippen molar-refractivity contribution in [2.45, 2.75) is 59.1 Å². The van der Waals surface area contributed by atoms with Crippen LogP contribution in [0.1, 0.15) is 46.0 Å². The summed E-state index contributed by atoms with van der Waals surface area (Å²) in [6.07, 6.45) is 8.34. The normalized spacial score (nSPS) is 13.0. The maximum atomic E-state index is 2.35. The van der Waals surface area contributed by atoms with Crippen LogP contribution < -0.4 is 0 Å². The van der Waals surface area contributed by atoms with Gasteiger partial charge in [0.05, 0.1) is 0 Å². The molecular weight excluding hydrogens is 131 g/mol. The maximum absolute atomic E-state index is 2.35. The summed E-state index contributed by atoms with van der Waals surface area (Å²) in [6, 6.07) is 0. The van der Waals surface area contributed by atoms with Crippen molar-refractivity contribution < 1.29 is 0 Å². The van der Waals surface area contributed by atoms with Gasteiger partial charge in [0, 0.05) is 0 Å². The molecule has 0 aromatic rings. The van der Waals surface area contributed by atoms with Crippen molar-refractivity contribution in [2.24, 2.45) is 5.92 Å². The van der Waals surface area contributed by atoms with Gasteiger partial charge in [0.2, 0.25) is 0 Å². The van der Waals surface area contributed by atoms with E-state index >= 15 is 0 Å². The first kappa shape index (κ1) is 11.1. The summed E-state index contributed by atoms with van der Waals surface area (Å²) >= 11 is 0. The van der Waals surface area contributed by atoms with Gasteiger partial charge >= 0.3 is 0 Å². The Balaban J connectivity index is 2.89. The van der Waals surface area contributed by atoms with Crippen LogP contribution in [0, 0.1) is 5.92 Å². The lowest BCUT2D eigenvalue weighted by Gasteiger charge is -2.06. The molecule has 0 nitrogen and oxygen atoms in total. The number of rotatable bonds is 7.